The summed E-state index contributed by atoms with van der Waals surface area (Å²) in [5.41, 5.74) is 6.26. The lowest BCUT2D eigenvalue weighted by Crippen LogP contribution is -2.19. The Hall–Kier alpha value is -13.6. The number of imidazole rings is 4. The van der Waals surface area contributed by atoms with E-state index in [1.165, 1.54) is 81.1 Å². The fourth-order valence-corrected chi connectivity index (χ4v) is 12.2. The molecule has 2 atom stereocenters. The molecular weight excluding hydrogens is 1450 g/mol. The highest BCUT2D eigenvalue weighted by Crippen LogP contribution is 2.41. The quantitative estimate of drug-likeness (QED) is 0.0954. The van der Waals surface area contributed by atoms with Gasteiger partial charge in [-0.15, -0.1) is 0 Å². The first kappa shape index (κ1) is 64.1. The van der Waals surface area contributed by atoms with Crippen molar-refractivity contribution >= 4 is 34.5 Å². The number of nitrogens with zero attached hydrogens (tertiary/aromatic N) is 20. The van der Waals surface area contributed by atoms with Crippen LogP contribution in [0, 0.1) is 76.8 Å². The maximum Gasteiger partial charge on any atom is 0.251 e. The molecule has 114 heavy (non-hydrogen) atoms. The van der Waals surface area contributed by atoms with Crippen LogP contribution < -0.4 is 0 Å². The van der Waals surface area contributed by atoms with Crippen molar-refractivity contribution in [2.75, 3.05) is 0 Å². The monoisotopic (exact) mass is 1540 g/mol. The standard InChI is InChI=1S/C23H20FN5.C22H18FN5O.C22H22FN5.C20H17F2N5O/c1-14-9-10-15(11-16(14)21-17(24)7-6-8-18(21)25-5)19-12-26-22-28-20(23(2,3)4)13-27-29(19)22;1-13-8-9-14(10-15(13)20-16(23)6-5-7-17(20)24-4)18-11-25-21-27-19(22(2,3)29)12-26-28(18)21;1-13-8-17(23)20(24-10-13)16-9-15(7-6-14(16)2)18-11-25-21-27-19(22(3,4)5)12-26-28(18)21;1-11-4-5-12(6-14(11)18-15(22)7-13(21)8-23-18)16-9-24-19-26-17(20(2,3)28)10-25-27(16)19/h6-13H,1-4H3;5-12,29H,1-3H3;6-12H,1-5H3;4-10,28H,1-3H3/i2*2D3;3D3;2D3. The minimum absolute atomic E-state index is 0.0108. The van der Waals surface area contributed by atoms with Gasteiger partial charge in [0, 0.05) is 84.0 Å². The normalized spacial score (nSPS) is 14.6. The van der Waals surface area contributed by atoms with Gasteiger partial charge in [-0.2, -0.15) is 38.5 Å². The molecule has 16 aromatic rings. The Labute approximate surface area is 670 Å². The van der Waals surface area contributed by atoms with Crippen LogP contribution in [-0.2, 0) is 22.0 Å². The number of hydrogen-bond acceptors (Lipinski definition) is 16. The molecule has 10 heterocycles. The van der Waals surface area contributed by atoms with Gasteiger partial charge in [0.2, 0.25) is 0 Å². The number of halogens is 5. The van der Waals surface area contributed by atoms with E-state index in [2.05, 4.69) is 79.9 Å². The van der Waals surface area contributed by atoms with E-state index in [-0.39, 0.29) is 68.4 Å². The van der Waals surface area contributed by atoms with E-state index in [1.54, 1.807) is 107 Å². The van der Waals surface area contributed by atoms with Crippen LogP contribution in [0.4, 0.5) is 33.3 Å². The number of fused-ring (bicyclic) bond motifs is 4. The molecule has 10 aromatic heterocycles. The van der Waals surface area contributed by atoms with Crippen LogP contribution in [0.3, 0.4) is 0 Å². The number of pyridine rings is 2. The van der Waals surface area contributed by atoms with Crippen LogP contribution in [0.2, 0.25) is 0 Å². The molecule has 0 radical (unpaired) electrons. The minimum atomic E-state index is -2.70. The van der Waals surface area contributed by atoms with Crippen LogP contribution in [0.1, 0.15) is 136 Å². The summed E-state index contributed by atoms with van der Waals surface area (Å²) < 4.78 is 169. The van der Waals surface area contributed by atoms with Crippen LogP contribution in [-0.4, -0.2) is 98.5 Å². The highest BCUT2D eigenvalue weighted by molar-refractivity contribution is 5.86. The van der Waals surface area contributed by atoms with Crippen molar-refractivity contribution < 1.29 is 48.6 Å². The van der Waals surface area contributed by atoms with Crippen LogP contribution in [0.5, 0.6) is 0 Å². The molecule has 2 N–H and O–H groups in total. The number of benzene rings is 6. The Bertz CT molecular complexity index is 6610. The Morgan fingerprint density at radius 2 is 0.684 bits per heavy atom. The van der Waals surface area contributed by atoms with E-state index in [0.717, 1.165) is 65.1 Å². The van der Waals surface area contributed by atoms with Gasteiger partial charge < -0.3 is 10.2 Å². The second-order valence-electron chi connectivity index (χ2n) is 28.3. The fourth-order valence-electron chi connectivity index (χ4n) is 12.2. The predicted octanol–water partition coefficient (Wildman–Crippen LogP) is 19.0. The van der Waals surface area contributed by atoms with Crippen molar-refractivity contribution in [1.29, 1.82) is 0 Å². The SMILES string of the molecule is [2H]C([2H])([2H])C(C)(C)c1cnn2c(-c3ccc(C)c(-c4c(F)cccc4[N+]#[C-])c3)cnc2n1.[2H]C([2H])([2H])C(C)(C)c1cnn2c(-c3ccc(C)c(-c4ncc(C)cc4F)c3)cnc2n1.[2H]C([2H])([2H])C(C)(O)c1cnn2c(-c3ccc(C)c(-c4c(F)cccc4[N+]#[C-])c3)cnc2n1.[2H]C([2H])([2H])C(C)(O)c1cnn2c(-c3ccc(C)c(-c4ncc(F)cc4F)c3)cnc2n1. The minimum Gasteiger partial charge on any atom is -0.384 e. The van der Waals surface area contributed by atoms with E-state index in [0.29, 0.717) is 73.3 Å². The summed E-state index contributed by atoms with van der Waals surface area (Å²) in [7, 11) is 0. The lowest BCUT2D eigenvalue weighted by Gasteiger charge is -2.16. The Morgan fingerprint density at radius 1 is 0.360 bits per heavy atom. The zero-order chi connectivity index (χ0) is 91.6. The first-order chi connectivity index (χ1) is 59.1. The lowest BCUT2D eigenvalue weighted by molar-refractivity contribution is 0.0729. The molecule has 0 amide bonds. The summed E-state index contributed by atoms with van der Waals surface area (Å²) >= 11 is 0. The first-order valence-electron chi connectivity index (χ1n) is 41.1. The molecule has 0 aliphatic rings. The molecule has 0 saturated carbocycles. The summed E-state index contributed by atoms with van der Waals surface area (Å²) in [5, 5.41) is 38.0. The average Bonchev–Trinajstić information content (AvgIpc) is 1.62. The topological polar surface area (TPSA) is 247 Å². The zero-order valence-corrected chi connectivity index (χ0v) is 63.0. The summed E-state index contributed by atoms with van der Waals surface area (Å²) in [6.45, 7) is 22.8. The van der Waals surface area contributed by atoms with Gasteiger partial charge in [0.25, 0.3) is 23.1 Å². The summed E-state index contributed by atoms with van der Waals surface area (Å²) in [5.74, 6) is -2.12. The number of aliphatic hydroxyl groups is 2. The Morgan fingerprint density at radius 3 is 1.02 bits per heavy atom. The Kier molecular flexibility index (Phi) is 17.4. The number of aromatic nitrogens is 18. The van der Waals surface area contributed by atoms with Gasteiger partial charge in [0.05, 0.1) is 114 Å². The molecule has 0 aliphatic carbocycles. The van der Waals surface area contributed by atoms with Gasteiger partial charge in [0.1, 0.15) is 45.9 Å². The van der Waals surface area contributed by atoms with Crippen LogP contribution >= 0.6 is 0 Å². The van der Waals surface area contributed by atoms with E-state index in [4.69, 9.17) is 29.6 Å². The summed E-state index contributed by atoms with van der Waals surface area (Å²) in [4.78, 5) is 49.2. The van der Waals surface area contributed by atoms with Gasteiger partial charge in [-0.25, -0.2) is 71.5 Å². The maximum absolute atomic E-state index is 14.7. The van der Waals surface area contributed by atoms with Gasteiger partial charge in [-0.1, -0.05) is 114 Å². The zero-order valence-electron chi connectivity index (χ0n) is 75.0. The summed E-state index contributed by atoms with van der Waals surface area (Å²) in [6, 6.07) is 32.8. The molecule has 0 aliphatic heterocycles. The second kappa shape index (κ2) is 30.9. The van der Waals surface area contributed by atoms with Gasteiger partial charge >= 0.3 is 0 Å². The molecule has 572 valence electrons. The lowest BCUT2D eigenvalue weighted by atomic mass is 9.93. The summed E-state index contributed by atoms with van der Waals surface area (Å²) in [6.07, 6.45) is 14.0. The molecule has 22 nitrogen and oxygen atoms in total. The first-order valence-corrected chi connectivity index (χ1v) is 35.1. The highest BCUT2D eigenvalue weighted by Gasteiger charge is 2.26. The van der Waals surface area contributed by atoms with E-state index in [1.807, 2.05) is 63.2 Å². The van der Waals surface area contributed by atoms with Crippen molar-refractivity contribution in [3.8, 4) is 89.8 Å². The van der Waals surface area contributed by atoms with Gasteiger partial charge in [0.15, 0.2) is 17.2 Å². The van der Waals surface area contributed by atoms with Crippen LogP contribution in [0.15, 0.2) is 183 Å². The van der Waals surface area contributed by atoms with Gasteiger partial charge in [-0.05, 0) is 144 Å². The molecule has 2 unspecified atom stereocenters. The van der Waals surface area contributed by atoms with Crippen molar-refractivity contribution in [1.82, 2.24) is 88.3 Å². The molecule has 27 heteroatoms. The number of hydrogen-bond donors (Lipinski definition) is 2. The maximum atomic E-state index is 14.7. The molecule has 0 saturated heterocycles. The molecule has 16 rings (SSSR count). The van der Waals surface area contributed by atoms with E-state index >= 15 is 0 Å². The number of rotatable bonds is 10. The third-order valence-corrected chi connectivity index (χ3v) is 18.4. The molecule has 0 bridgehead atoms. The van der Waals surface area contributed by atoms with E-state index < -0.39 is 72.7 Å². The second-order valence-corrected chi connectivity index (χ2v) is 28.3. The van der Waals surface area contributed by atoms with Crippen molar-refractivity contribution in [3.05, 3.63) is 286 Å². The van der Waals surface area contributed by atoms with Gasteiger partial charge in [-0.3, -0.25) is 9.97 Å². The smallest absolute Gasteiger partial charge is 0.251 e. The third-order valence-electron chi connectivity index (χ3n) is 18.4. The third kappa shape index (κ3) is 16.1. The number of aryl methyl sites for hydroxylation is 5. The molecule has 6 aromatic carbocycles. The largest absolute Gasteiger partial charge is 0.384 e. The molecule has 0 spiro atoms. The van der Waals surface area contributed by atoms with E-state index in [9.17, 15) is 32.2 Å². The predicted molar refractivity (Wildman–Crippen MR) is 426 cm³/mol. The fraction of sp³-hybridized carbons (Fsp3) is 0.218. The molecular formula is C87H77F5N20O2. The van der Waals surface area contributed by atoms with Crippen molar-refractivity contribution in [3.63, 3.8) is 0 Å². The van der Waals surface area contributed by atoms with Crippen molar-refractivity contribution in [2.45, 2.75) is 126 Å². The average molecular weight is 1540 g/mol. The van der Waals surface area contributed by atoms with Crippen molar-refractivity contribution in [2.24, 2.45) is 0 Å². The highest BCUT2D eigenvalue weighted by atomic mass is 19.1. The molecule has 0 fully saturated rings. The Balaban J connectivity index is 0.000000144. The van der Waals surface area contributed by atoms with Crippen LogP contribution in [0.25, 0.3) is 123 Å².